The first kappa shape index (κ1) is 12.8. The highest BCUT2D eigenvalue weighted by Gasteiger charge is 2.34. The van der Waals surface area contributed by atoms with Crippen LogP contribution in [0.5, 0.6) is 0 Å². The molecule has 2 rings (SSSR count). The molecule has 1 aromatic rings. The summed E-state index contributed by atoms with van der Waals surface area (Å²) in [6, 6.07) is 0. The number of rotatable bonds is 1. The average molecular weight is 251 g/mol. The second-order valence-corrected chi connectivity index (χ2v) is 4.59. The van der Waals surface area contributed by atoms with Crippen molar-refractivity contribution < 1.29 is 4.52 Å². The number of piperidine rings is 1. The van der Waals surface area contributed by atoms with Crippen molar-refractivity contribution in [1.29, 1.82) is 0 Å². The standard InChI is InChI=1S/C10H15ClN2O.ClH/c1-7-8(11)9(13-14-7)10(2)3-5-12-6-4-10;/h12H,3-6H2,1-2H3;1H. The zero-order valence-corrected chi connectivity index (χ0v) is 10.5. The minimum absolute atomic E-state index is 0. The Kier molecular flexibility index (Phi) is 4.04. The summed E-state index contributed by atoms with van der Waals surface area (Å²) in [7, 11) is 0. The van der Waals surface area contributed by atoms with E-state index in [1.165, 1.54) is 0 Å². The van der Waals surface area contributed by atoms with Crippen molar-refractivity contribution in [1.82, 2.24) is 10.5 Å². The number of hydrogen-bond acceptors (Lipinski definition) is 3. The third kappa shape index (κ3) is 2.30. The van der Waals surface area contributed by atoms with E-state index in [2.05, 4.69) is 17.4 Å². The fourth-order valence-electron chi connectivity index (χ4n) is 1.95. The summed E-state index contributed by atoms with van der Waals surface area (Å²) < 4.78 is 5.11. The maximum Gasteiger partial charge on any atom is 0.152 e. The number of hydrogen-bond donors (Lipinski definition) is 1. The molecule has 0 atom stereocenters. The third-order valence-electron chi connectivity index (χ3n) is 3.07. The van der Waals surface area contributed by atoms with E-state index in [0.717, 1.165) is 37.4 Å². The molecule has 5 heteroatoms. The lowest BCUT2D eigenvalue weighted by Gasteiger charge is -2.32. The summed E-state index contributed by atoms with van der Waals surface area (Å²) in [5.74, 6) is 0.724. The Balaban J connectivity index is 0.00000112. The van der Waals surface area contributed by atoms with Gasteiger partial charge in [0.25, 0.3) is 0 Å². The maximum atomic E-state index is 6.16. The predicted octanol–water partition coefficient (Wildman–Crippen LogP) is 2.70. The van der Waals surface area contributed by atoms with Gasteiger partial charge in [0.15, 0.2) is 5.76 Å². The molecule has 0 aliphatic carbocycles. The van der Waals surface area contributed by atoms with Gasteiger partial charge >= 0.3 is 0 Å². The van der Waals surface area contributed by atoms with Crippen LogP contribution in [0.15, 0.2) is 4.52 Å². The Bertz CT molecular complexity index is 332. The summed E-state index contributed by atoms with van der Waals surface area (Å²) >= 11 is 6.16. The molecule has 1 fully saturated rings. The second kappa shape index (κ2) is 4.73. The van der Waals surface area contributed by atoms with Crippen LogP contribution >= 0.6 is 24.0 Å². The second-order valence-electron chi connectivity index (χ2n) is 4.21. The van der Waals surface area contributed by atoms with E-state index in [-0.39, 0.29) is 17.8 Å². The molecule has 0 spiro atoms. The Morgan fingerprint density at radius 1 is 1.40 bits per heavy atom. The monoisotopic (exact) mass is 250 g/mol. The van der Waals surface area contributed by atoms with Crippen LogP contribution in [0.25, 0.3) is 0 Å². The third-order valence-corrected chi connectivity index (χ3v) is 3.51. The van der Waals surface area contributed by atoms with Gasteiger partial charge in [-0.15, -0.1) is 12.4 Å². The van der Waals surface area contributed by atoms with Crippen LogP contribution in [0.3, 0.4) is 0 Å². The Morgan fingerprint density at radius 3 is 2.47 bits per heavy atom. The fourth-order valence-corrected chi connectivity index (χ4v) is 2.25. The van der Waals surface area contributed by atoms with E-state index in [1.54, 1.807) is 0 Å². The molecule has 0 radical (unpaired) electrons. The average Bonchev–Trinajstić information content (AvgIpc) is 2.49. The summed E-state index contributed by atoms with van der Waals surface area (Å²) in [5.41, 5.74) is 1.01. The van der Waals surface area contributed by atoms with Gasteiger partial charge in [-0.05, 0) is 32.9 Å². The molecule has 1 aliphatic heterocycles. The Morgan fingerprint density at radius 2 is 2.00 bits per heavy atom. The number of aryl methyl sites for hydroxylation is 1. The van der Waals surface area contributed by atoms with Crippen molar-refractivity contribution in [3.05, 3.63) is 16.5 Å². The van der Waals surface area contributed by atoms with Crippen LogP contribution < -0.4 is 5.32 Å². The number of aromatic nitrogens is 1. The van der Waals surface area contributed by atoms with Gasteiger partial charge in [0.05, 0.1) is 0 Å². The first-order valence-corrected chi connectivity index (χ1v) is 5.34. The van der Waals surface area contributed by atoms with Gasteiger partial charge in [-0.1, -0.05) is 23.7 Å². The number of nitrogens with zero attached hydrogens (tertiary/aromatic N) is 1. The van der Waals surface area contributed by atoms with Gasteiger partial charge in [-0.25, -0.2) is 0 Å². The number of nitrogens with one attached hydrogen (secondary N) is 1. The zero-order chi connectivity index (χ0) is 10.2. The zero-order valence-electron chi connectivity index (χ0n) is 8.97. The van der Waals surface area contributed by atoms with Gasteiger partial charge in [-0.2, -0.15) is 0 Å². The van der Waals surface area contributed by atoms with Crippen LogP contribution in [0, 0.1) is 6.92 Å². The molecule has 86 valence electrons. The summed E-state index contributed by atoms with van der Waals surface area (Å²) in [6.45, 7) is 6.11. The first-order chi connectivity index (χ1) is 6.63. The minimum Gasteiger partial charge on any atom is -0.360 e. The first-order valence-electron chi connectivity index (χ1n) is 4.96. The molecular formula is C10H16Cl2N2O. The molecule has 1 saturated heterocycles. The SMILES string of the molecule is Cc1onc(C2(C)CCNCC2)c1Cl.Cl. The van der Waals surface area contributed by atoms with Crippen LogP contribution in [-0.4, -0.2) is 18.2 Å². The molecule has 0 saturated carbocycles. The minimum atomic E-state index is 0. The van der Waals surface area contributed by atoms with Crippen molar-refractivity contribution in [2.75, 3.05) is 13.1 Å². The van der Waals surface area contributed by atoms with Crippen LogP contribution in [0.1, 0.15) is 31.2 Å². The summed E-state index contributed by atoms with van der Waals surface area (Å²) in [5, 5.41) is 8.11. The quantitative estimate of drug-likeness (QED) is 0.833. The predicted molar refractivity (Wildman–Crippen MR) is 63.0 cm³/mol. The molecule has 0 aromatic carbocycles. The topological polar surface area (TPSA) is 38.1 Å². The van der Waals surface area contributed by atoms with E-state index in [1.807, 2.05) is 6.92 Å². The summed E-state index contributed by atoms with van der Waals surface area (Å²) in [4.78, 5) is 0. The van der Waals surface area contributed by atoms with Gasteiger partial charge in [0.2, 0.25) is 0 Å². The molecule has 1 aromatic heterocycles. The molecule has 0 bridgehead atoms. The van der Waals surface area contributed by atoms with Gasteiger partial charge in [-0.3, -0.25) is 0 Å². The van der Waals surface area contributed by atoms with Crippen molar-refractivity contribution >= 4 is 24.0 Å². The Labute approximate surface area is 101 Å². The van der Waals surface area contributed by atoms with Gasteiger partial charge < -0.3 is 9.84 Å². The van der Waals surface area contributed by atoms with Crippen molar-refractivity contribution in [2.24, 2.45) is 0 Å². The van der Waals surface area contributed by atoms with E-state index in [4.69, 9.17) is 16.1 Å². The molecule has 1 N–H and O–H groups in total. The molecule has 0 amide bonds. The lowest BCUT2D eigenvalue weighted by atomic mass is 9.78. The van der Waals surface area contributed by atoms with Gasteiger partial charge in [0.1, 0.15) is 10.7 Å². The van der Waals surface area contributed by atoms with E-state index in [0.29, 0.717) is 5.02 Å². The van der Waals surface area contributed by atoms with Crippen LogP contribution in [0.2, 0.25) is 5.02 Å². The van der Waals surface area contributed by atoms with Crippen LogP contribution in [-0.2, 0) is 5.41 Å². The molecule has 2 heterocycles. The lowest BCUT2D eigenvalue weighted by Crippen LogP contribution is -2.38. The molecule has 0 unspecified atom stereocenters. The largest absolute Gasteiger partial charge is 0.360 e. The van der Waals surface area contributed by atoms with Crippen LogP contribution in [0.4, 0.5) is 0 Å². The fraction of sp³-hybridized carbons (Fsp3) is 0.700. The highest BCUT2D eigenvalue weighted by atomic mass is 35.5. The smallest absolute Gasteiger partial charge is 0.152 e. The van der Waals surface area contributed by atoms with E-state index < -0.39 is 0 Å². The van der Waals surface area contributed by atoms with Gasteiger partial charge in [0, 0.05) is 5.41 Å². The highest BCUT2D eigenvalue weighted by Crippen LogP contribution is 2.37. The van der Waals surface area contributed by atoms with Crippen molar-refractivity contribution in [3.8, 4) is 0 Å². The molecular weight excluding hydrogens is 235 g/mol. The van der Waals surface area contributed by atoms with Crippen molar-refractivity contribution in [2.45, 2.75) is 32.1 Å². The normalized spacial score (nSPS) is 19.7. The maximum absolute atomic E-state index is 6.16. The van der Waals surface area contributed by atoms with Crippen molar-refractivity contribution in [3.63, 3.8) is 0 Å². The molecule has 15 heavy (non-hydrogen) atoms. The van der Waals surface area contributed by atoms with E-state index in [9.17, 15) is 0 Å². The lowest BCUT2D eigenvalue weighted by molar-refractivity contribution is 0.303. The Hall–Kier alpha value is -0.250. The summed E-state index contributed by atoms with van der Waals surface area (Å²) in [6.07, 6.45) is 2.14. The molecule has 3 nitrogen and oxygen atoms in total. The molecule has 1 aliphatic rings. The number of halogens is 2. The van der Waals surface area contributed by atoms with E-state index >= 15 is 0 Å². The highest BCUT2D eigenvalue weighted by molar-refractivity contribution is 6.31.